The number of alkyl halides is 3. The molecule has 6 rings (SSSR count). The molecule has 4 aromatic rings. The minimum atomic E-state index is -4.46. The molecule has 2 aromatic heterocycles. The summed E-state index contributed by atoms with van der Waals surface area (Å²) in [6.45, 7) is 4.33. The van der Waals surface area contributed by atoms with E-state index in [4.69, 9.17) is 4.74 Å². The Balaban J connectivity index is 1.12. The number of benzene rings is 2. The lowest BCUT2D eigenvalue weighted by molar-refractivity contribution is -0.140. The normalized spacial score (nSPS) is 15.5. The van der Waals surface area contributed by atoms with Crippen LogP contribution in [0.15, 0.2) is 54.9 Å². The third-order valence-electron chi connectivity index (χ3n) is 7.41. The molecule has 0 radical (unpaired) electrons. The highest BCUT2D eigenvalue weighted by Gasteiger charge is 2.33. The molecule has 2 aliphatic rings. The van der Waals surface area contributed by atoms with Crippen molar-refractivity contribution in [3.05, 3.63) is 77.5 Å². The van der Waals surface area contributed by atoms with Crippen LogP contribution in [0.2, 0.25) is 0 Å². The number of hydrogen-bond acceptors (Lipinski definition) is 6. The number of nitrogens with zero attached hydrogens (tertiary/aromatic N) is 5. The zero-order valence-electron chi connectivity index (χ0n) is 21.3. The van der Waals surface area contributed by atoms with E-state index in [1.165, 1.54) is 6.07 Å². The Morgan fingerprint density at radius 1 is 1.03 bits per heavy atom. The zero-order valence-corrected chi connectivity index (χ0v) is 21.3. The summed E-state index contributed by atoms with van der Waals surface area (Å²) in [6, 6.07) is 13.9. The first kappa shape index (κ1) is 25.2. The SMILES string of the molecule is CNC(=O)c1ncn2c1COc1c(CCN3CCN(c4cccc5nc(C(F)(F)F)ccc45)CC3)cccc1-2. The van der Waals surface area contributed by atoms with E-state index in [0.29, 0.717) is 11.2 Å². The predicted molar refractivity (Wildman–Crippen MR) is 140 cm³/mol. The van der Waals surface area contributed by atoms with Crippen molar-refractivity contribution in [1.82, 2.24) is 24.8 Å². The molecule has 2 aromatic carbocycles. The summed E-state index contributed by atoms with van der Waals surface area (Å²) in [5.74, 6) is 0.572. The molecule has 1 N–H and O–H groups in total. The van der Waals surface area contributed by atoms with Crippen LogP contribution < -0.4 is 15.0 Å². The Morgan fingerprint density at radius 3 is 2.56 bits per heavy atom. The van der Waals surface area contributed by atoms with Crippen LogP contribution in [0.5, 0.6) is 5.75 Å². The largest absolute Gasteiger partial charge is 0.485 e. The molecule has 0 spiro atoms. The summed E-state index contributed by atoms with van der Waals surface area (Å²) in [5, 5.41) is 3.34. The van der Waals surface area contributed by atoms with E-state index in [0.717, 1.165) is 79.0 Å². The van der Waals surface area contributed by atoms with Crippen LogP contribution in [0.1, 0.15) is 27.4 Å². The zero-order chi connectivity index (χ0) is 27.1. The second kappa shape index (κ2) is 9.88. The van der Waals surface area contributed by atoms with Gasteiger partial charge in [0.2, 0.25) is 0 Å². The number of ether oxygens (including phenoxy) is 1. The lowest BCUT2D eigenvalue weighted by atomic mass is 10.1. The van der Waals surface area contributed by atoms with Crippen LogP contribution in [0.3, 0.4) is 0 Å². The molecule has 4 heterocycles. The summed E-state index contributed by atoms with van der Waals surface area (Å²) in [4.78, 5) is 24.9. The van der Waals surface area contributed by atoms with Gasteiger partial charge in [0.15, 0.2) is 5.69 Å². The van der Waals surface area contributed by atoms with Gasteiger partial charge in [0.05, 0.1) is 16.9 Å². The van der Waals surface area contributed by atoms with E-state index in [-0.39, 0.29) is 12.5 Å². The highest BCUT2D eigenvalue weighted by Crippen LogP contribution is 2.35. The van der Waals surface area contributed by atoms with Crippen LogP contribution in [0.25, 0.3) is 16.6 Å². The van der Waals surface area contributed by atoms with Crippen LogP contribution >= 0.6 is 0 Å². The van der Waals surface area contributed by atoms with Gasteiger partial charge < -0.3 is 15.0 Å². The molecule has 0 atom stereocenters. The summed E-state index contributed by atoms with van der Waals surface area (Å²) in [6.07, 6.45) is -2.00. The number of aromatic nitrogens is 3. The molecule has 1 fully saturated rings. The maximum atomic E-state index is 13.1. The smallest absolute Gasteiger partial charge is 0.433 e. The van der Waals surface area contributed by atoms with Crippen LogP contribution in [-0.2, 0) is 19.2 Å². The summed E-state index contributed by atoms with van der Waals surface area (Å²) < 4.78 is 47.4. The lowest BCUT2D eigenvalue weighted by Gasteiger charge is -2.36. The first-order valence-electron chi connectivity index (χ1n) is 12.8. The van der Waals surface area contributed by atoms with Gasteiger partial charge in [-0.3, -0.25) is 14.3 Å². The minimum absolute atomic E-state index is 0.239. The van der Waals surface area contributed by atoms with Crippen molar-refractivity contribution >= 4 is 22.5 Å². The molecule has 0 unspecified atom stereocenters. The number of imidazole rings is 1. The molecule has 0 saturated carbocycles. The minimum Gasteiger partial charge on any atom is -0.485 e. The van der Waals surface area contributed by atoms with Gasteiger partial charge in [0, 0.05) is 50.8 Å². The van der Waals surface area contributed by atoms with Crippen molar-refractivity contribution in [3.8, 4) is 11.4 Å². The standard InChI is InChI=1S/C28H27F3N6O2/c1-32-27(38)25-23-16-39-26-18(4-2-7-22(26)37(23)17-33-25)10-11-35-12-14-36(15-13-35)21-6-3-5-20-19(21)8-9-24(34-20)28(29,30)31/h2-9,17H,10-16H2,1H3,(H,32,38). The third-order valence-corrected chi connectivity index (χ3v) is 7.41. The van der Waals surface area contributed by atoms with E-state index in [2.05, 4.69) is 31.2 Å². The number of halogens is 3. The maximum Gasteiger partial charge on any atom is 0.433 e. The highest BCUT2D eigenvalue weighted by molar-refractivity contribution is 5.93. The van der Waals surface area contributed by atoms with Gasteiger partial charge >= 0.3 is 6.18 Å². The average Bonchev–Trinajstić information content (AvgIpc) is 3.39. The molecule has 202 valence electrons. The number of carbonyl (C=O) groups excluding carboxylic acids is 1. The first-order chi connectivity index (χ1) is 18.8. The Labute approximate surface area is 223 Å². The first-order valence-corrected chi connectivity index (χ1v) is 12.8. The third kappa shape index (κ3) is 4.67. The van der Waals surface area contributed by atoms with Gasteiger partial charge in [-0.25, -0.2) is 9.97 Å². The van der Waals surface area contributed by atoms with Crippen molar-refractivity contribution < 1.29 is 22.7 Å². The number of rotatable bonds is 5. The molecule has 8 nitrogen and oxygen atoms in total. The number of carbonyl (C=O) groups is 1. The number of fused-ring (bicyclic) bond motifs is 4. The Hall–Kier alpha value is -4.12. The molecular formula is C28H27F3N6O2. The quantitative estimate of drug-likeness (QED) is 0.415. The molecule has 11 heteroatoms. The summed E-state index contributed by atoms with van der Waals surface area (Å²) >= 11 is 0. The number of pyridine rings is 1. The second-order valence-electron chi connectivity index (χ2n) is 9.66. The van der Waals surface area contributed by atoms with Gasteiger partial charge in [0.25, 0.3) is 5.91 Å². The Bertz CT molecular complexity index is 1540. The lowest BCUT2D eigenvalue weighted by Crippen LogP contribution is -2.47. The average molecular weight is 537 g/mol. The van der Waals surface area contributed by atoms with Crippen molar-refractivity contribution in [2.75, 3.05) is 44.7 Å². The van der Waals surface area contributed by atoms with E-state index in [1.807, 2.05) is 22.8 Å². The Kier molecular flexibility index (Phi) is 6.38. The van der Waals surface area contributed by atoms with Gasteiger partial charge in [0.1, 0.15) is 24.4 Å². The monoisotopic (exact) mass is 536 g/mol. The van der Waals surface area contributed by atoms with Gasteiger partial charge in [-0.2, -0.15) is 13.2 Å². The number of nitrogens with one attached hydrogen (secondary N) is 1. The van der Waals surface area contributed by atoms with Crippen LogP contribution in [-0.4, -0.2) is 65.1 Å². The van der Waals surface area contributed by atoms with Gasteiger partial charge in [-0.15, -0.1) is 0 Å². The van der Waals surface area contributed by atoms with Crippen molar-refractivity contribution in [1.29, 1.82) is 0 Å². The Morgan fingerprint density at radius 2 is 1.79 bits per heavy atom. The van der Waals surface area contributed by atoms with Gasteiger partial charge in [-0.05, 0) is 42.3 Å². The number of piperazine rings is 1. The van der Waals surface area contributed by atoms with Crippen LogP contribution in [0.4, 0.5) is 18.9 Å². The molecule has 0 bridgehead atoms. The summed E-state index contributed by atoms with van der Waals surface area (Å²) in [7, 11) is 1.58. The molecule has 39 heavy (non-hydrogen) atoms. The predicted octanol–water partition coefficient (Wildman–Crippen LogP) is 4.06. The summed E-state index contributed by atoms with van der Waals surface area (Å²) in [5.41, 5.74) is 3.45. The molecular weight excluding hydrogens is 509 g/mol. The molecule has 0 aliphatic carbocycles. The second-order valence-corrected chi connectivity index (χ2v) is 9.66. The fourth-order valence-corrected chi connectivity index (χ4v) is 5.36. The topological polar surface area (TPSA) is 75.5 Å². The fraction of sp³-hybridized carbons (Fsp3) is 0.321. The highest BCUT2D eigenvalue weighted by atomic mass is 19.4. The molecule has 1 saturated heterocycles. The number of hydrogen-bond donors (Lipinski definition) is 1. The molecule has 1 amide bonds. The van der Waals surface area contributed by atoms with Gasteiger partial charge in [-0.1, -0.05) is 18.2 Å². The number of anilines is 1. The van der Waals surface area contributed by atoms with Crippen molar-refractivity contribution in [2.24, 2.45) is 0 Å². The van der Waals surface area contributed by atoms with E-state index in [1.54, 1.807) is 25.5 Å². The molecule has 2 aliphatic heterocycles. The number of amides is 1. The van der Waals surface area contributed by atoms with E-state index in [9.17, 15) is 18.0 Å². The fourth-order valence-electron chi connectivity index (χ4n) is 5.36. The van der Waals surface area contributed by atoms with Crippen LogP contribution in [0, 0.1) is 0 Å². The van der Waals surface area contributed by atoms with Crippen molar-refractivity contribution in [3.63, 3.8) is 0 Å². The number of para-hydroxylation sites is 1. The maximum absolute atomic E-state index is 13.1. The van der Waals surface area contributed by atoms with E-state index >= 15 is 0 Å². The van der Waals surface area contributed by atoms with Crippen molar-refractivity contribution in [2.45, 2.75) is 19.2 Å². The van der Waals surface area contributed by atoms with E-state index < -0.39 is 11.9 Å².